The number of carbonyl (C=O) groups excluding carboxylic acids is 2. The molecule has 0 bridgehead atoms. The summed E-state index contributed by atoms with van der Waals surface area (Å²) in [6, 6.07) is 7.93. The molecule has 1 aromatic rings. The molecule has 2 amide bonds. The third-order valence-corrected chi connectivity index (χ3v) is 8.04. The second-order valence-corrected chi connectivity index (χ2v) is 9.70. The molecule has 1 aromatic carbocycles. The quantitative estimate of drug-likeness (QED) is 0.408. The fourth-order valence-electron chi connectivity index (χ4n) is 5.77. The van der Waals surface area contributed by atoms with E-state index in [1.165, 1.54) is 0 Å². The van der Waals surface area contributed by atoms with E-state index in [1.54, 1.807) is 26.1 Å². The normalized spacial score (nSPS) is 30.5. The van der Waals surface area contributed by atoms with Gasteiger partial charge >= 0.3 is 0 Å². The third kappa shape index (κ3) is 4.27. The molecule has 0 aromatic heterocycles. The second kappa shape index (κ2) is 9.84. The Morgan fingerprint density at radius 2 is 2.00 bits per heavy atom. The lowest BCUT2D eigenvalue weighted by atomic mass is 9.54. The average Bonchev–Trinajstić information content (AvgIpc) is 3.06. The minimum atomic E-state index is -0.396. The lowest BCUT2D eigenvalue weighted by molar-refractivity contribution is -0.131. The predicted octanol–water partition coefficient (Wildman–Crippen LogP) is 5.74. The lowest BCUT2D eigenvalue weighted by Gasteiger charge is -2.48. The Labute approximate surface area is 201 Å². The van der Waals surface area contributed by atoms with E-state index < -0.39 is 5.41 Å². The Morgan fingerprint density at radius 1 is 1.34 bits per heavy atom. The van der Waals surface area contributed by atoms with Gasteiger partial charge in [0.2, 0.25) is 5.91 Å². The molecule has 0 radical (unpaired) electrons. The molecule has 4 nitrogen and oxygen atoms in total. The molecule has 2 fully saturated rings. The first-order valence-corrected chi connectivity index (χ1v) is 12.0. The molecule has 32 heavy (non-hydrogen) atoms. The lowest BCUT2D eigenvalue weighted by Crippen LogP contribution is -2.44. The van der Waals surface area contributed by atoms with Crippen molar-refractivity contribution in [2.75, 3.05) is 7.05 Å². The van der Waals surface area contributed by atoms with Gasteiger partial charge in [-0.1, -0.05) is 54.9 Å². The molecule has 172 valence electrons. The zero-order valence-electron chi connectivity index (χ0n) is 19.2. The number of rotatable bonds is 6. The number of halogens is 2. The first-order chi connectivity index (χ1) is 15.2. The number of nitrogens with one attached hydrogen (secondary N) is 2. The van der Waals surface area contributed by atoms with Crippen molar-refractivity contribution in [3.8, 4) is 0 Å². The minimum Gasteiger partial charge on any atom is -0.355 e. The summed E-state index contributed by atoms with van der Waals surface area (Å²) in [5, 5.41) is 6.99. The van der Waals surface area contributed by atoms with Crippen molar-refractivity contribution in [2.45, 2.75) is 52.0 Å². The van der Waals surface area contributed by atoms with E-state index in [4.69, 9.17) is 23.2 Å². The highest BCUT2D eigenvalue weighted by molar-refractivity contribution is 6.32. The van der Waals surface area contributed by atoms with Gasteiger partial charge in [-0.25, -0.2) is 0 Å². The van der Waals surface area contributed by atoms with Crippen molar-refractivity contribution < 1.29 is 9.59 Å². The topological polar surface area (TPSA) is 58.2 Å². The first kappa shape index (κ1) is 24.6. The summed E-state index contributed by atoms with van der Waals surface area (Å²) in [6.07, 6.45) is 5.79. The molecule has 5 atom stereocenters. The van der Waals surface area contributed by atoms with Crippen molar-refractivity contribution in [1.29, 1.82) is 0 Å². The van der Waals surface area contributed by atoms with Crippen LogP contribution in [-0.4, -0.2) is 24.9 Å². The second-order valence-electron chi connectivity index (χ2n) is 8.86. The Balaban J connectivity index is 2.06. The van der Waals surface area contributed by atoms with E-state index in [0.717, 1.165) is 30.4 Å². The largest absolute Gasteiger partial charge is 0.355 e. The molecule has 0 spiro atoms. The zero-order valence-corrected chi connectivity index (χ0v) is 20.7. The van der Waals surface area contributed by atoms with Crippen molar-refractivity contribution in [3.05, 3.63) is 69.8 Å². The summed E-state index contributed by atoms with van der Waals surface area (Å²) >= 11 is 12.9. The summed E-state index contributed by atoms with van der Waals surface area (Å²) < 4.78 is 0. The van der Waals surface area contributed by atoms with E-state index in [-0.39, 0.29) is 35.6 Å². The predicted molar refractivity (Wildman–Crippen MR) is 132 cm³/mol. The molecule has 2 aliphatic rings. The molecular formula is C26H32Cl2N2O2. The summed E-state index contributed by atoms with van der Waals surface area (Å²) in [6.45, 7) is 10.4. The van der Waals surface area contributed by atoms with Gasteiger partial charge in [0, 0.05) is 34.6 Å². The third-order valence-electron chi connectivity index (χ3n) is 7.43. The molecule has 1 heterocycles. The van der Waals surface area contributed by atoms with Crippen molar-refractivity contribution >= 4 is 35.0 Å². The molecule has 6 heteroatoms. The number of benzene rings is 1. The van der Waals surface area contributed by atoms with E-state index >= 15 is 0 Å². The van der Waals surface area contributed by atoms with Crippen molar-refractivity contribution in [2.24, 2.45) is 17.3 Å². The van der Waals surface area contributed by atoms with Crippen molar-refractivity contribution in [1.82, 2.24) is 10.6 Å². The number of likely N-dealkylation sites (N-methyl/N-ethyl adjacent to an activating group) is 1. The van der Waals surface area contributed by atoms with E-state index in [1.807, 2.05) is 24.3 Å². The maximum Gasteiger partial charge on any atom is 0.250 e. The maximum atomic E-state index is 13.1. The van der Waals surface area contributed by atoms with Gasteiger partial charge in [-0.15, -0.1) is 0 Å². The number of allylic oxidation sites excluding steroid dienone is 3. The SMILES string of the molecule is C=C(/C(Cl)=C\C(=C/C)C(=O)NC)[C@@H]1CC[C@@]2(CC)C(=O)N[C@H](C)[C@H]2[C@H]1c1ccc(Cl)cc1. The van der Waals surface area contributed by atoms with Gasteiger partial charge in [-0.3, -0.25) is 9.59 Å². The van der Waals surface area contributed by atoms with Crippen LogP contribution in [-0.2, 0) is 9.59 Å². The Hall–Kier alpha value is -2.04. The highest BCUT2D eigenvalue weighted by atomic mass is 35.5. The van der Waals surface area contributed by atoms with Gasteiger partial charge in [-0.05, 0) is 74.3 Å². The number of hydrogen-bond donors (Lipinski definition) is 2. The molecule has 1 saturated carbocycles. The summed E-state index contributed by atoms with van der Waals surface area (Å²) in [5.74, 6) is 0.168. The fraction of sp³-hybridized carbons (Fsp3) is 0.462. The Kier molecular flexibility index (Phi) is 7.57. The van der Waals surface area contributed by atoms with Gasteiger partial charge in [-0.2, -0.15) is 0 Å². The number of hydrogen-bond acceptors (Lipinski definition) is 2. The molecule has 3 rings (SSSR count). The summed E-state index contributed by atoms with van der Waals surface area (Å²) in [5.41, 5.74) is 2.03. The van der Waals surface area contributed by atoms with Crippen LogP contribution in [0.1, 0.15) is 51.5 Å². The van der Waals surface area contributed by atoms with Gasteiger partial charge in [0.1, 0.15) is 0 Å². The highest BCUT2D eigenvalue weighted by Crippen LogP contribution is 2.59. The van der Waals surface area contributed by atoms with Gasteiger partial charge in [0.15, 0.2) is 0 Å². The van der Waals surface area contributed by atoms with Gasteiger partial charge < -0.3 is 10.6 Å². The molecular weight excluding hydrogens is 443 g/mol. The van der Waals surface area contributed by atoms with Crippen LogP contribution in [0.2, 0.25) is 5.02 Å². The molecule has 1 saturated heterocycles. The van der Waals surface area contributed by atoms with Crippen LogP contribution < -0.4 is 10.6 Å². The van der Waals surface area contributed by atoms with Crippen LogP contribution in [0.4, 0.5) is 0 Å². The van der Waals surface area contributed by atoms with Crippen LogP contribution in [0.15, 0.2) is 59.2 Å². The molecule has 2 N–H and O–H groups in total. The average molecular weight is 475 g/mol. The molecule has 1 aliphatic heterocycles. The zero-order chi connectivity index (χ0) is 23.6. The van der Waals surface area contributed by atoms with Crippen molar-refractivity contribution in [3.63, 3.8) is 0 Å². The summed E-state index contributed by atoms with van der Waals surface area (Å²) in [7, 11) is 1.59. The van der Waals surface area contributed by atoms with Crippen LogP contribution in [0.3, 0.4) is 0 Å². The van der Waals surface area contributed by atoms with Crippen LogP contribution >= 0.6 is 23.2 Å². The first-order valence-electron chi connectivity index (χ1n) is 11.2. The minimum absolute atomic E-state index is 0.0402. The van der Waals surface area contributed by atoms with Gasteiger partial charge in [0.25, 0.3) is 5.91 Å². The smallest absolute Gasteiger partial charge is 0.250 e. The fourth-order valence-corrected chi connectivity index (χ4v) is 6.15. The standard InChI is InChI=1S/C26H32Cl2N2O2/c1-6-17(24(31)29-5)14-21(28)15(3)20-12-13-26(7-2)23(16(4)30-25(26)32)22(20)18-8-10-19(27)11-9-18/h6,8-11,14,16,20,22-23H,3,7,12-13H2,1-2,4-5H3,(H,29,31)(H,30,32)/b17-6+,21-14+/t16-,20+,22+,23+,26-/m1/s1. The molecule has 0 unspecified atom stereocenters. The highest BCUT2D eigenvalue weighted by Gasteiger charge is 2.59. The molecule has 1 aliphatic carbocycles. The Bertz CT molecular complexity index is 967. The maximum absolute atomic E-state index is 13.1. The number of amides is 2. The monoisotopic (exact) mass is 474 g/mol. The van der Waals surface area contributed by atoms with Crippen LogP contribution in [0, 0.1) is 17.3 Å². The van der Waals surface area contributed by atoms with E-state index in [0.29, 0.717) is 15.6 Å². The van der Waals surface area contributed by atoms with E-state index in [9.17, 15) is 9.59 Å². The number of fused-ring (bicyclic) bond motifs is 1. The van der Waals surface area contributed by atoms with Gasteiger partial charge in [0.05, 0.1) is 5.41 Å². The van der Waals surface area contributed by atoms with E-state index in [2.05, 4.69) is 31.1 Å². The Morgan fingerprint density at radius 3 is 2.56 bits per heavy atom. The van der Waals surface area contributed by atoms with Crippen LogP contribution in [0.5, 0.6) is 0 Å². The summed E-state index contributed by atoms with van der Waals surface area (Å²) in [4.78, 5) is 25.2. The van der Waals surface area contributed by atoms with Crippen LogP contribution in [0.25, 0.3) is 0 Å². The number of carbonyl (C=O) groups is 2.